The number of hydrogen-bond acceptors (Lipinski definition) is 3. The number of nitrogens with zero attached hydrogens (tertiary/aromatic N) is 3. The largest absolute Gasteiger partial charge is 0.330 e. The van der Waals surface area contributed by atoms with Crippen molar-refractivity contribution in [2.75, 3.05) is 0 Å². The Morgan fingerprint density at radius 1 is 0.963 bits per heavy atom. The van der Waals surface area contributed by atoms with Crippen LogP contribution in [0.2, 0.25) is 0 Å². The van der Waals surface area contributed by atoms with Crippen LogP contribution >= 0.6 is 11.3 Å². The van der Waals surface area contributed by atoms with Crippen molar-refractivity contribution in [2.45, 2.75) is 13.1 Å². The highest BCUT2D eigenvalue weighted by Gasteiger charge is 2.28. The van der Waals surface area contributed by atoms with Crippen LogP contribution in [0.1, 0.15) is 21.5 Å². The van der Waals surface area contributed by atoms with Crippen molar-refractivity contribution in [2.24, 2.45) is 0 Å². The van der Waals surface area contributed by atoms with Crippen LogP contribution in [-0.4, -0.2) is 20.6 Å². The highest BCUT2D eigenvalue weighted by molar-refractivity contribution is 7.13. The van der Waals surface area contributed by atoms with Crippen LogP contribution in [-0.2, 0) is 13.1 Å². The second kappa shape index (κ2) is 6.52. The number of carbonyl (C=O) groups excluding carboxylic acids is 1. The summed E-state index contributed by atoms with van der Waals surface area (Å²) >= 11 is 1.67. The van der Waals surface area contributed by atoms with E-state index in [1.165, 1.54) is 0 Å². The maximum Gasteiger partial charge on any atom is 0.254 e. The fourth-order valence-corrected chi connectivity index (χ4v) is 4.25. The van der Waals surface area contributed by atoms with E-state index in [0.29, 0.717) is 13.1 Å². The minimum atomic E-state index is 0.0928. The summed E-state index contributed by atoms with van der Waals surface area (Å²) in [5.74, 6) is 0.0928. The highest BCUT2D eigenvalue weighted by Crippen LogP contribution is 2.31. The van der Waals surface area contributed by atoms with Gasteiger partial charge in [0.15, 0.2) is 0 Å². The number of aromatic nitrogens is 2. The molecule has 2 aromatic carbocycles. The van der Waals surface area contributed by atoms with Gasteiger partial charge in [-0.05, 0) is 35.2 Å². The van der Waals surface area contributed by atoms with Crippen molar-refractivity contribution in [1.29, 1.82) is 0 Å². The van der Waals surface area contributed by atoms with Crippen LogP contribution in [0, 0.1) is 0 Å². The molecule has 2 aromatic heterocycles. The van der Waals surface area contributed by atoms with Crippen molar-refractivity contribution in [3.8, 4) is 16.3 Å². The van der Waals surface area contributed by atoms with Gasteiger partial charge in [0.2, 0.25) is 0 Å². The summed E-state index contributed by atoms with van der Waals surface area (Å²) in [6.07, 6.45) is 2.04. The van der Waals surface area contributed by atoms with E-state index in [1.807, 2.05) is 76.4 Å². The Kier molecular flexibility index (Phi) is 3.87. The summed E-state index contributed by atoms with van der Waals surface area (Å²) in [4.78, 5) is 15.8. The molecule has 132 valence electrons. The second-order valence-electron chi connectivity index (χ2n) is 6.58. The Bertz CT molecular complexity index is 1100. The predicted molar refractivity (Wildman–Crippen MR) is 107 cm³/mol. The molecular formula is C22H17N3OS. The van der Waals surface area contributed by atoms with Crippen LogP contribution in [0.25, 0.3) is 16.3 Å². The van der Waals surface area contributed by atoms with Gasteiger partial charge in [0.05, 0.1) is 17.1 Å². The average Bonchev–Trinajstić information content (AvgIpc) is 3.43. The van der Waals surface area contributed by atoms with Gasteiger partial charge in [-0.1, -0.05) is 42.5 Å². The second-order valence-corrected chi connectivity index (χ2v) is 7.53. The lowest BCUT2D eigenvalue weighted by atomic mass is 10.1. The maximum absolute atomic E-state index is 12.8. The normalized spacial score (nSPS) is 13.2. The first kappa shape index (κ1) is 16.0. The molecule has 1 aliphatic rings. The number of fused-ring (bicyclic) bond motifs is 1. The Morgan fingerprint density at radius 2 is 1.78 bits per heavy atom. The first-order valence-corrected chi connectivity index (χ1v) is 9.72. The van der Waals surface area contributed by atoms with Gasteiger partial charge in [0, 0.05) is 23.9 Å². The molecule has 3 heterocycles. The molecule has 0 bridgehead atoms. The number of benzene rings is 2. The van der Waals surface area contributed by atoms with Crippen LogP contribution in [0.5, 0.6) is 0 Å². The molecule has 0 unspecified atom stereocenters. The smallest absolute Gasteiger partial charge is 0.254 e. The molecule has 0 radical (unpaired) electrons. The molecule has 4 aromatic rings. The van der Waals surface area contributed by atoms with Crippen molar-refractivity contribution >= 4 is 17.2 Å². The van der Waals surface area contributed by atoms with Crippen molar-refractivity contribution in [1.82, 2.24) is 14.7 Å². The third kappa shape index (κ3) is 2.86. The standard InChI is InChI=1S/C22H17N3OS/c26-22-19-10-5-4-7-16(19)13-24(22)14-17-15-25(18-8-2-1-3-9-18)23-21(17)20-11-6-12-27-20/h1-12,15H,13-14H2. The van der Waals surface area contributed by atoms with E-state index in [4.69, 9.17) is 5.10 Å². The van der Waals surface area contributed by atoms with E-state index in [1.54, 1.807) is 11.3 Å². The molecule has 1 aliphatic heterocycles. The van der Waals surface area contributed by atoms with Crippen molar-refractivity contribution in [3.63, 3.8) is 0 Å². The predicted octanol–water partition coefficient (Wildman–Crippen LogP) is 4.76. The van der Waals surface area contributed by atoms with Gasteiger partial charge in [-0.25, -0.2) is 4.68 Å². The van der Waals surface area contributed by atoms with E-state index >= 15 is 0 Å². The quantitative estimate of drug-likeness (QED) is 0.519. The molecule has 0 aliphatic carbocycles. The van der Waals surface area contributed by atoms with Crippen LogP contribution in [0.15, 0.2) is 78.3 Å². The molecule has 4 nitrogen and oxygen atoms in total. The molecule has 0 atom stereocenters. The zero-order valence-corrected chi connectivity index (χ0v) is 15.4. The summed E-state index contributed by atoms with van der Waals surface area (Å²) in [6.45, 7) is 1.20. The van der Waals surface area contributed by atoms with Crippen molar-refractivity contribution < 1.29 is 4.79 Å². The Balaban J connectivity index is 1.52. The monoisotopic (exact) mass is 371 g/mol. The van der Waals surface area contributed by atoms with E-state index in [2.05, 4.69) is 11.4 Å². The molecule has 0 spiro atoms. The molecule has 5 heteroatoms. The minimum absolute atomic E-state index is 0.0928. The number of amides is 1. The number of carbonyl (C=O) groups is 1. The fraction of sp³-hybridized carbons (Fsp3) is 0.0909. The molecule has 5 rings (SSSR count). The maximum atomic E-state index is 12.8. The Morgan fingerprint density at radius 3 is 2.56 bits per heavy atom. The molecular weight excluding hydrogens is 354 g/mol. The van der Waals surface area contributed by atoms with E-state index in [0.717, 1.165) is 32.9 Å². The Hall–Kier alpha value is -3.18. The van der Waals surface area contributed by atoms with Gasteiger partial charge in [-0.3, -0.25) is 4.79 Å². The summed E-state index contributed by atoms with van der Waals surface area (Å²) in [5.41, 5.74) is 4.92. The van der Waals surface area contributed by atoms with Gasteiger partial charge in [-0.2, -0.15) is 5.10 Å². The summed E-state index contributed by atoms with van der Waals surface area (Å²) in [6, 6.07) is 22.0. The lowest BCUT2D eigenvalue weighted by Gasteiger charge is -2.15. The molecule has 0 N–H and O–H groups in total. The fourth-order valence-electron chi connectivity index (χ4n) is 3.51. The van der Waals surface area contributed by atoms with Crippen LogP contribution in [0.3, 0.4) is 0 Å². The molecule has 27 heavy (non-hydrogen) atoms. The lowest BCUT2D eigenvalue weighted by Crippen LogP contribution is -2.23. The van der Waals surface area contributed by atoms with E-state index < -0.39 is 0 Å². The zero-order chi connectivity index (χ0) is 18.2. The first-order chi connectivity index (χ1) is 13.3. The van der Waals surface area contributed by atoms with Gasteiger partial charge >= 0.3 is 0 Å². The average molecular weight is 371 g/mol. The number of para-hydroxylation sites is 1. The Labute approximate surface area is 161 Å². The minimum Gasteiger partial charge on any atom is -0.330 e. The zero-order valence-electron chi connectivity index (χ0n) is 14.6. The SMILES string of the molecule is O=C1c2ccccc2CN1Cc1cn(-c2ccccc2)nc1-c1cccs1. The highest BCUT2D eigenvalue weighted by atomic mass is 32.1. The van der Waals surface area contributed by atoms with E-state index in [9.17, 15) is 4.79 Å². The molecule has 0 saturated carbocycles. The van der Waals surface area contributed by atoms with E-state index in [-0.39, 0.29) is 5.91 Å². The van der Waals surface area contributed by atoms with Gasteiger partial charge in [0.1, 0.15) is 5.69 Å². The third-order valence-corrected chi connectivity index (χ3v) is 5.70. The number of rotatable bonds is 4. The first-order valence-electron chi connectivity index (χ1n) is 8.84. The molecule has 0 fully saturated rings. The molecule has 0 saturated heterocycles. The molecule has 1 amide bonds. The topological polar surface area (TPSA) is 38.1 Å². The lowest BCUT2D eigenvalue weighted by molar-refractivity contribution is 0.0767. The number of hydrogen-bond donors (Lipinski definition) is 0. The van der Waals surface area contributed by atoms with Gasteiger partial charge in [-0.15, -0.1) is 11.3 Å². The van der Waals surface area contributed by atoms with Crippen LogP contribution < -0.4 is 0 Å². The number of thiophene rings is 1. The van der Waals surface area contributed by atoms with Crippen molar-refractivity contribution in [3.05, 3.63) is 95.0 Å². The summed E-state index contributed by atoms with van der Waals surface area (Å²) in [7, 11) is 0. The summed E-state index contributed by atoms with van der Waals surface area (Å²) < 4.78 is 1.90. The third-order valence-electron chi connectivity index (χ3n) is 4.82. The summed E-state index contributed by atoms with van der Waals surface area (Å²) in [5, 5.41) is 6.88. The van der Waals surface area contributed by atoms with Gasteiger partial charge < -0.3 is 4.90 Å². The van der Waals surface area contributed by atoms with Crippen LogP contribution in [0.4, 0.5) is 0 Å². The van der Waals surface area contributed by atoms with Gasteiger partial charge in [0.25, 0.3) is 5.91 Å².